The van der Waals surface area contributed by atoms with E-state index in [0.29, 0.717) is 24.5 Å². The lowest BCUT2D eigenvalue weighted by Crippen LogP contribution is -2.33. The molecule has 6 nitrogen and oxygen atoms in total. The fourth-order valence-electron chi connectivity index (χ4n) is 3.38. The summed E-state index contributed by atoms with van der Waals surface area (Å²) in [5, 5.41) is 5.66. The molecule has 1 fully saturated rings. The van der Waals surface area contributed by atoms with Gasteiger partial charge in [0.2, 0.25) is 17.7 Å². The van der Waals surface area contributed by atoms with Crippen LogP contribution in [0.5, 0.6) is 0 Å². The minimum atomic E-state index is -0.353. The van der Waals surface area contributed by atoms with Gasteiger partial charge < -0.3 is 15.5 Å². The van der Waals surface area contributed by atoms with E-state index in [-0.39, 0.29) is 30.1 Å². The number of anilines is 2. The van der Waals surface area contributed by atoms with Gasteiger partial charge in [-0.15, -0.1) is 0 Å². The molecule has 0 spiro atoms. The maximum atomic E-state index is 12.4. The molecule has 2 aromatic rings. The van der Waals surface area contributed by atoms with E-state index in [1.165, 1.54) is 12.5 Å². The second kappa shape index (κ2) is 9.17. The van der Waals surface area contributed by atoms with E-state index in [1.54, 1.807) is 23.1 Å². The molecule has 3 rings (SSSR count). The summed E-state index contributed by atoms with van der Waals surface area (Å²) in [6, 6.07) is 17.3. The van der Waals surface area contributed by atoms with Crippen LogP contribution in [0.15, 0.2) is 54.6 Å². The van der Waals surface area contributed by atoms with Gasteiger partial charge in [-0.1, -0.05) is 36.4 Å². The van der Waals surface area contributed by atoms with E-state index in [2.05, 4.69) is 22.8 Å². The van der Waals surface area contributed by atoms with Crippen molar-refractivity contribution in [2.24, 2.45) is 5.92 Å². The average Bonchev–Trinajstić information content (AvgIpc) is 3.07. The first-order valence-electron chi connectivity index (χ1n) is 9.52. The molecule has 1 aliphatic rings. The van der Waals surface area contributed by atoms with E-state index in [9.17, 15) is 14.4 Å². The van der Waals surface area contributed by atoms with E-state index < -0.39 is 0 Å². The highest BCUT2D eigenvalue weighted by Gasteiger charge is 2.35. The predicted octanol–water partition coefficient (Wildman–Crippen LogP) is 2.75. The molecule has 1 atom stereocenters. The third-order valence-corrected chi connectivity index (χ3v) is 4.76. The Morgan fingerprint density at radius 2 is 1.89 bits per heavy atom. The van der Waals surface area contributed by atoms with Crippen molar-refractivity contribution >= 4 is 29.1 Å². The number of benzene rings is 2. The van der Waals surface area contributed by atoms with Crippen LogP contribution in [-0.4, -0.2) is 30.8 Å². The SMILES string of the molecule is CC(=O)Nc1cccc(N2C[C@@H](C(=O)NCCCc3ccccc3)CC2=O)c1. The minimum Gasteiger partial charge on any atom is -0.356 e. The number of rotatable bonds is 7. The Bertz CT molecular complexity index is 851. The highest BCUT2D eigenvalue weighted by molar-refractivity contribution is 6.01. The predicted molar refractivity (Wildman–Crippen MR) is 109 cm³/mol. The van der Waals surface area contributed by atoms with Crippen molar-refractivity contribution in [1.82, 2.24) is 5.32 Å². The van der Waals surface area contributed by atoms with Crippen molar-refractivity contribution < 1.29 is 14.4 Å². The van der Waals surface area contributed by atoms with Gasteiger partial charge >= 0.3 is 0 Å². The number of nitrogens with zero attached hydrogens (tertiary/aromatic N) is 1. The summed E-state index contributed by atoms with van der Waals surface area (Å²) >= 11 is 0. The van der Waals surface area contributed by atoms with Crippen molar-refractivity contribution in [3.8, 4) is 0 Å². The Hall–Kier alpha value is -3.15. The van der Waals surface area contributed by atoms with Gasteiger partial charge in [0.1, 0.15) is 0 Å². The second-order valence-corrected chi connectivity index (χ2v) is 7.02. The molecule has 0 aliphatic carbocycles. The normalized spacial score (nSPS) is 16.1. The summed E-state index contributed by atoms with van der Waals surface area (Å²) in [5.41, 5.74) is 2.57. The Balaban J connectivity index is 1.51. The molecule has 6 heteroatoms. The largest absolute Gasteiger partial charge is 0.356 e. The zero-order chi connectivity index (χ0) is 19.9. The van der Waals surface area contributed by atoms with Crippen LogP contribution in [0.4, 0.5) is 11.4 Å². The monoisotopic (exact) mass is 379 g/mol. The lowest BCUT2D eigenvalue weighted by molar-refractivity contribution is -0.126. The van der Waals surface area contributed by atoms with Crippen molar-refractivity contribution in [2.45, 2.75) is 26.2 Å². The average molecular weight is 379 g/mol. The second-order valence-electron chi connectivity index (χ2n) is 7.02. The summed E-state index contributed by atoms with van der Waals surface area (Å²) in [7, 11) is 0. The third kappa shape index (κ3) is 5.19. The lowest BCUT2D eigenvalue weighted by Gasteiger charge is -2.18. The van der Waals surface area contributed by atoms with E-state index in [1.807, 2.05) is 24.3 Å². The molecular weight excluding hydrogens is 354 g/mol. The third-order valence-electron chi connectivity index (χ3n) is 4.76. The van der Waals surface area contributed by atoms with Crippen LogP contribution in [-0.2, 0) is 20.8 Å². The molecule has 1 saturated heterocycles. The molecule has 0 aromatic heterocycles. The fourth-order valence-corrected chi connectivity index (χ4v) is 3.38. The highest BCUT2D eigenvalue weighted by atomic mass is 16.2. The van der Waals surface area contributed by atoms with E-state index >= 15 is 0 Å². The molecule has 0 saturated carbocycles. The molecule has 2 aromatic carbocycles. The zero-order valence-electron chi connectivity index (χ0n) is 16.0. The number of nitrogens with one attached hydrogen (secondary N) is 2. The standard InChI is InChI=1S/C22H25N3O3/c1-16(26)24-19-10-5-11-20(14-19)25-15-18(13-21(25)27)22(28)23-12-6-9-17-7-3-2-4-8-17/h2-5,7-8,10-11,14,18H,6,9,12-13,15H2,1H3,(H,23,28)(H,24,26)/t18-/m0/s1. The number of hydrogen-bond donors (Lipinski definition) is 2. The van der Waals surface area contributed by atoms with Gasteiger partial charge in [-0.05, 0) is 36.6 Å². The number of aryl methyl sites for hydroxylation is 1. The molecule has 3 amide bonds. The van der Waals surface area contributed by atoms with E-state index in [4.69, 9.17) is 0 Å². The number of carbonyl (C=O) groups is 3. The van der Waals surface area contributed by atoms with E-state index in [0.717, 1.165) is 12.8 Å². The van der Waals surface area contributed by atoms with Crippen molar-refractivity contribution in [3.63, 3.8) is 0 Å². The molecule has 0 radical (unpaired) electrons. The summed E-state index contributed by atoms with van der Waals surface area (Å²) in [6.45, 7) is 2.38. The Kier molecular flexibility index (Phi) is 6.42. The quantitative estimate of drug-likeness (QED) is 0.726. The van der Waals surface area contributed by atoms with Crippen LogP contribution < -0.4 is 15.5 Å². The van der Waals surface area contributed by atoms with Crippen molar-refractivity contribution in [3.05, 3.63) is 60.2 Å². The summed E-state index contributed by atoms with van der Waals surface area (Å²) in [5.74, 6) is -0.683. The molecular formula is C22H25N3O3. The van der Waals surface area contributed by atoms with Crippen molar-refractivity contribution in [2.75, 3.05) is 23.3 Å². The van der Waals surface area contributed by atoms with Gasteiger partial charge in [0.25, 0.3) is 0 Å². The van der Waals surface area contributed by atoms with Crippen LogP contribution in [0.2, 0.25) is 0 Å². The maximum Gasteiger partial charge on any atom is 0.227 e. The van der Waals surface area contributed by atoms with Crippen LogP contribution >= 0.6 is 0 Å². The summed E-state index contributed by atoms with van der Waals surface area (Å²) in [6.07, 6.45) is 1.97. The van der Waals surface area contributed by atoms with Crippen LogP contribution in [0.25, 0.3) is 0 Å². The van der Waals surface area contributed by atoms with Gasteiger partial charge in [-0.3, -0.25) is 14.4 Å². The van der Waals surface area contributed by atoms with Crippen LogP contribution in [0.1, 0.15) is 25.3 Å². The first-order chi connectivity index (χ1) is 13.5. The molecule has 0 bridgehead atoms. The first kappa shape index (κ1) is 19.6. The van der Waals surface area contributed by atoms with Gasteiger partial charge in [-0.25, -0.2) is 0 Å². The molecule has 146 valence electrons. The molecule has 0 unspecified atom stereocenters. The van der Waals surface area contributed by atoms with Crippen LogP contribution in [0.3, 0.4) is 0 Å². The summed E-state index contributed by atoms with van der Waals surface area (Å²) < 4.78 is 0. The molecule has 1 aliphatic heterocycles. The fraction of sp³-hybridized carbons (Fsp3) is 0.318. The topological polar surface area (TPSA) is 78.5 Å². The smallest absolute Gasteiger partial charge is 0.227 e. The first-order valence-corrected chi connectivity index (χ1v) is 9.52. The maximum absolute atomic E-state index is 12.4. The zero-order valence-corrected chi connectivity index (χ0v) is 16.0. The van der Waals surface area contributed by atoms with Gasteiger partial charge in [0, 0.05) is 37.8 Å². The molecule has 28 heavy (non-hydrogen) atoms. The van der Waals surface area contributed by atoms with Crippen LogP contribution in [0, 0.1) is 5.92 Å². The number of hydrogen-bond acceptors (Lipinski definition) is 3. The summed E-state index contributed by atoms with van der Waals surface area (Å²) in [4.78, 5) is 37.7. The van der Waals surface area contributed by atoms with Gasteiger partial charge in [-0.2, -0.15) is 0 Å². The number of amides is 3. The number of carbonyl (C=O) groups excluding carboxylic acids is 3. The highest BCUT2D eigenvalue weighted by Crippen LogP contribution is 2.27. The Labute approximate surface area is 164 Å². The molecule has 2 N–H and O–H groups in total. The Morgan fingerprint density at radius 1 is 1.11 bits per heavy atom. The molecule has 1 heterocycles. The van der Waals surface area contributed by atoms with Crippen molar-refractivity contribution in [1.29, 1.82) is 0 Å². The minimum absolute atomic E-state index is 0.0792. The lowest BCUT2D eigenvalue weighted by atomic mass is 10.1. The van der Waals surface area contributed by atoms with Gasteiger partial charge in [0.15, 0.2) is 0 Å². The Morgan fingerprint density at radius 3 is 2.64 bits per heavy atom. The van der Waals surface area contributed by atoms with Gasteiger partial charge in [0.05, 0.1) is 5.92 Å².